The maximum absolute atomic E-state index is 4.78. The Hall–Kier alpha value is -2.72. The molecule has 0 unspecified atom stereocenters. The van der Waals surface area contributed by atoms with Crippen LogP contribution in [0.5, 0.6) is 0 Å². The summed E-state index contributed by atoms with van der Waals surface area (Å²) >= 11 is 3.47. The van der Waals surface area contributed by atoms with E-state index in [1.54, 1.807) is 0 Å². The van der Waals surface area contributed by atoms with Gasteiger partial charge in [0.25, 0.3) is 0 Å². The van der Waals surface area contributed by atoms with Crippen molar-refractivity contribution in [2.24, 2.45) is 0 Å². The third-order valence-electron chi connectivity index (χ3n) is 4.01. The van der Waals surface area contributed by atoms with Crippen molar-refractivity contribution in [2.75, 3.05) is 5.32 Å². The van der Waals surface area contributed by atoms with Gasteiger partial charge in [-0.1, -0.05) is 70.5 Å². The zero-order valence-corrected chi connectivity index (χ0v) is 15.1. The summed E-state index contributed by atoms with van der Waals surface area (Å²) in [5, 5.41) is 4.49. The molecule has 0 aliphatic rings. The second-order valence-corrected chi connectivity index (χ2v) is 6.67. The third kappa shape index (κ3) is 3.54. The van der Waals surface area contributed by atoms with Gasteiger partial charge in [-0.2, -0.15) is 0 Å². The number of fused-ring (bicyclic) bond motifs is 1. The Labute approximate surface area is 154 Å². The van der Waals surface area contributed by atoms with Crippen molar-refractivity contribution >= 4 is 32.7 Å². The normalized spacial score (nSPS) is 10.8. The van der Waals surface area contributed by atoms with Crippen molar-refractivity contribution in [2.45, 2.75) is 6.54 Å². The second-order valence-electron chi connectivity index (χ2n) is 5.76. The molecule has 0 amide bonds. The first kappa shape index (κ1) is 15.8. The summed E-state index contributed by atoms with van der Waals surface area (Å²) in [6.45, 7) is 0.724. The minimum Gasteiger partial charge on any atom is -0.365 e. The van der Waals surface area contributed by atoms with Crippen molar-refractivity contribution in [3.05, 3.63) is 88.9 Å². The van der Waals surface area contributed by atoms with Crippen molar-refractivity contribution in [3.63, 3.8) is 0 Å². The molecule has 0 aliphatic carbocycles. The van der Waals surface area contributed by atoms with Crippen LogP contribution in [-0.2, 0) is 6.54 Å². The van der Waals surface area contributed by atoms with Crippen LogP contribution in [0.2, 0.25) is 0 Å². The molecule has 4 aromatic rings. The number of hydrogen-bond acceptors (Lipinski definition) is 3. The van der Waals surface area contributed by atoms with Crippen LogP contribution in [0.15, 0.2) is 83.3 Å². The molecule has 25 heavy (non-hydrogen) atoms. The standard InChI is InChI=1S/C21H16BrN3/c22-17-12-10-16(11-13-17)20-24-19-9-5-4-8-18(19)21(25-20)23-14-15-6-2-1-3-7-15/h1-13H,14H2,(H,23,24,25). The lowest BCUT2D eigenvalue weighted by Crippen LogP contribution is -2.04. The van der Waals surface area contributed by atoms with E-state index < -0.39 is 0 Å². The molecule has 3 nitrogen and oxygen atoms in total. The van der Waals surface area contributed by atoms with E-state index in [0.717, 1.165) is 39.1 Å². The van der Waals surface area contributed by atoms with Crippen LogP contribution in [0.1, 0.15) is 5.56 Å². The van der Waals surface area contributed by atoms with Crippen LogP contribution >= 0.6 is 15.9 Å². The average molecular weight is 390 g/mol. The molecule has 3 aromatic carbocycles. The number of para-hydroxylation sites is 1. The lowest BCUT2D eigenvalue weighted by Gasteiger charge is -2.11. The number of anilines is 1. The SMILES string of the molecule is Brc1ccc(-c2nc(NCc3ccccc3)c3ccccc3n2)cc1. The number of hydrogen-bond donors (Lipinski definition) is 1. The van der Waals surface area contributed by atoms with E-state index in [4.69, 9.17) is 9.97 Å². The monoisotopic (exact) mass is 389 g/mol. The molecule has 4 rings (SSSR count). The summed E-state index contributed by atoms with van der Waals surface area (Å²) in [6.07, 6.45) is 0. The first-order valence-corrected chi connectivity index (χ1v) is 8.89. The van der Waals surface area contributed by atoms with E-state index in [0.29, 0.717) is 0 Å². The van der Waals surface area contributed by atoms with Crippen molar-refractivity contribution in [1.29, 1.82) is 0 Å². The lowest BCUT2D eigenvalue weighted by atomic mass is 10.1. The molecule has 0 radical (unpaired) electrons. The van der Waals surface area contributed by atoms with Gasteiger partial charge in [0.15, 0.2) is 5.82 Å². The quantitative estimate of drug-likeness (QED) is 0.488. The van der Waals surface area contributed by atoms with Crippen LogP contribution in [0, 0.1) is 0 Å². The highest BCUT2D eigenvalue weighted by Gasteiger charge is 2.09. The van der Waals surface area contributed by atoms with Crippen LogP contribution in [0.25, 0.3) is 22.3 Å². The van der Waals surface area contributed by atoms with Gasteiger partial charge < -0.3 is 5.32 Å². The van der Waals surface area contributed by atoms with Gasteiger partial charge in [-0.3, -0.25) is 0 Å². The van der Waals surface area contributed by atoms with Gasteiger partial charge in [0.2, 0.25) is 0 Å². The predicted octanol–water partition coefficient (Wildman–Crippen LogP) is 5.67. The van der Waals surface area contributed by atoms with E-state index in [9.17, 15) is 0 Å². The van der Waals surface area contributed by atoms with E-state index in [1.807, 2.05) is 66.7 Å². The van der Waals surface area contributed by atoms with Gasteiger partial charge in [0.05, 0.1) is 5.52 Å². The molecule has 1 heterocycles. The molecule has 0 atom stereocenters. The van der Waals surface area contributed by atoms with E-state index in [2.05, 4.69) is 33.4 Å². The van der Waals surface area contributed by atoms with Crippen LogP contribution in [-0.4, -0.2) is 9.97 Å². The Morgan fingerprint density at radius 1 is 0.760 bits per heavy atom. The van der Waals surface area contributed by atoms with Crippen LogP contribution in [0.4, 0.5) is 5.82 Å². The largest absolute Gasteiger partial charge is 0.365 e. The van der Waals surface area contributed by atoms with Crippen LogP contribution in [0.3, 0.4) is 0 Å². The summed E-state index contributed by atoms with van der Waals surface area (Å²) in [7, 11) is 0. The number of nitrogens with zero attached hydrogens (tertiary/aromatic N) is 2. The highest BCUT2D eigenvalue weighted by atomic mass is 79.9. The fraction of sp³-hybridized carbons (Fsp3) is 0.0476. The number of halogens is 1. The molecule has 0 bridgehead atoms. The van der Waals surface area contributed by atoms with Gasteiger partial charge in [-0.15, -0.1) is 0 Å². The predicted molar refractivity (Wildman–Crippen MR) is 106 cm³/mol. The molecule has 0 saturated carbocycles. The first-order chi connectivity index (χ1) is 12.3. The fourth-order valence-electron chi connectivity index (χ4n) is 2.72. The smallest absolute Gasteiger partial charge is 0.162 e. The molecule has 1 N–H and O–H groups in total. The molecule has 0 spiro atoms. The summed E-state index contributed by atoms with van der Waals surface area (Å²) in [5.41, 5.74) is 3.15. The average Bonchev–Trinajstić information content (AvgIpc) is 2.67. The minimum atomic E-state index is 0.724. The number of aromatic nitrogens is 2. The Morgan fingerprint density at radius 2 is 1.48 bits per heavy atom. The van der Waals surface area contributed by atoms with Gasteiger partial charge in [-0.25, -0.2) is 9.97 Å². The Balaban J connectivity index is 1.74. The van der Waals surface area contributed by atoms with Crippen molar-refractivity contribution in [3.8, 4) is 11.4 Å². The first-order valence-electron chi connectivity index (χ1n) is 8.10. The summed E-state index contributed by atoms with van der Waals surface area (Å²) in [4.78, 5) is 9.50. The molecule has 4 heteroatoms. The molecule has 0 aliphatic heterocycles. The van der Waals surface area contributed by atoms with Crippen LogP contribution < -0.4 is 5.32 Å². The highest BCUT2D eigenvalue weighted by molar-refractivity contribution is 9.10. The van der Waals surface area contributed by atoms with Gasteiger partial charge in [0, 0.05) is 22.0 Å². The topological polar surface area (TPSA) is 37.8 Å². The maximum atomic E-state index is 4.78. The summed E-state index contributed by atoms with van der Waals surface area (Å²) in [6, 6.07) is 26.5. The molecule has 122 valence electrons. The molecule has 0 fully saturated rings. The molecule has 0 saturated heterocycles. The molecule has 1 aromatic heterocycles. The van der Waals surface area contributed by atoms with Gasteiger partial charge in [0.1, 0.15) is 5.82 Å². The van der Waals surface area contributed by atoms with Gasteiger partial charge in [-0.05, 0) is 29.8 Å². The number of rotatable bonds is 4. The third-order valence-corrected chi connectivity index (χ3v) is 4.54. The Bertz CT molecular complexity index is 998. The fourth-order valence-corrected chi connectivity index (χ4v) is 2.99. The number of nitrogens with one attached hydrogen (secondary N) is 1. The Kier molecular flexibility index (Phi) is 4.44. The summed E-state index contributed by atoms with van der Waals surface area (Å²) < 4.78 is 1.04. The van der Waals surface area contributed by atoms with E-state index in [-0.39, 0.29) is 0 Å². The molecular formula is C21H16BrN3. The van der Waals surface area contributed by atoms with Crippen molar-refractivity contribution < 1.29 is 0 Å². The number of benzene rings is 3. The second kappa shape index (κ2) is 7.03. The lowest BCUT2D eigenvalue weighted by molar-refractivity contribution is 1.11. The maximum Gasteiger partial charge on any atom is 0.162 e. The van der Waals surface area contributed by atoms with Crippen molar-refractivity contribution in [1.82, 2.24) is 9.97 Å². The van der Waals surface area contributed by atoms with E-state index >= 15 is 0 Å². The zero-order chi connectivity index (χ0) is 17.1. The Morgan fingerprint density at radius 3 is 2.28 bits per heavy atom. The van der Waals surface area contributed by atoms with E-state index in [1.165, 1.54) is 5.56 Å². The minimum absolute atomic E-state index is 0.724. The van der Waals surface area contributed by atoms with Gasteiger partial charge >= 0.3 is 0 Å². The molecular weight excluding hydrogens is 374 g/mol. The summed E-state index contributed by atoms with van der Waals surface area (Å²) in [5.74, 6) is 1.58. The zero-order valence-electron chi connectivity index (χ0n) is 13.5. The highest BCUT2D eigenvalue weighted by Crippen LogP contribution is 2.26.